The van der Waals surface area contributed by atoms with Crippen LogP contribution in [0.15, 0.2) is 48.6 Å². The molecule has 0 aromatic rings. The average Bonchev–Trinajstić information content (AvgIpc) is 2.95. The Balaban J connectivity index is 4.77. The molecule has 256 valence electrons. The second kappa shape index (κ2) is 27.7. The van der Waals surface area contributed by atoms with Crippen molar-refractivity contribution >= 4 is 13.7 Å². The number of rotatable bonds is 29. The molecule has 0 aromatic carbocycles. The predicted octanol–water partition coefficient (Wildman–Crippen LogP) is 7.55. The Morgan fingerprint density at radius 2 is 1.27 bits per heavy atom. The lowest BCUT2D eigenvalue weighted by atomic mass is 10.1. The molecular formula is C35H65N2O6P. The van der Waals surface area contributed by atoms with Crippen molar-refractivity contribution in [3.05, 3.63) is 48.6 Å². The molecule has 0 saturated carbocycles. The molecule has 3 unspecified atom stereocenters. The standard InChI is InChI=1S/C35H65N2O6P/c1-6-8-10-12-14-16-17-18-19-21-22-24-26-28-34(38)33(32-43-44(40,41)42-31-30-37(3,4)5)36-35(39)29-27-25-23-20-15-13-11-9-7-2/h14,16,19-21,23,26,28,33-34,38H,6-13,15,17-18,22,24-25,27,29-32H2,1-5H3,(H-,36,39,40,41)/b16-14+,21-19+,23-20-,28-26+. The van der Waals surface area contributed by atoms with Crippen LogP contribution in [0.3, 0.4) is 0 Å². The molecule has 0 heterocycles. The fourth-order valence-corrected chi connectivity index (χ4v) is 4.91. The summed E-state index contributed by atoms with van der Waals surface area (Å²) in [5.41, 5.74) is 0. The molecule has 0 rings (SSSR count). The number of phosphoric ester groups is 1. The van der Waals surface area contributed by atoms with Gasteiger partial charge in [-0.15, -0.1) is 0 Å². The van der Waals surface area contributed by atoms with Gasteiger partial charge >= 0.3 is 0 Å². The van der Waals surface area contributed by atoms with Crippen molar-refractivity contribution < 1.29 is 32.9 Å². The molecule has 0 radical (unpaired) electrons. The van der Waals surface area contributed by atoms with Crippen LogP contribution in [-0.2, 0) is 18.4 Å². The number of nitrogens with zero attached hydrogens (tertiary/aromatic N) is 1. The lowest BCUT2D eigenvalue weighted by Crippen LogP contribution is -2.45. The van der Waals surface area contributed by atoms with Gasteiger partial charge in [-0.2, -0.15) is 0 Å². The second-order valence-electron chi connectivity index (χ2n) is 12.5. The van der Waals surface area contributed by atoms with E-state index in [1.165, 1.54) is 44.9 Å². The van der Waals surface area contributed by atoms with Crippen molar-refractivity contribution in [2.45, 2.75) is 129 Å². The van der Waals surface area contributed by atoms with E-state index in [0.717, 1.165) is 44.9 Å². The van der Waals surface area contributed by atoms with E-state index in [9.17, 15) is 19.4 Å². The highest BCUT2D eigenvalue weighted by atomic mass is 31.2. The van der Waals surface area contributed by atoms with Gasteiger partial charge in [0.25, 0.3) is 7.82 Å². The number of allylic oxidation sites excluding steroid dienone is 7. The molecule has 2 N–H and O–H groups in total. The summed E-state index contributed by atoms with van der Waals surface area (Å²) in [5, 5.41) is 13.6. The van der Waals surface area contributed by atoms with E-state index in [2.05, 4.69) is 55.6 Å². The van der Waals surface area contributed by atoms with Crippen molar-refractivity contribution in [1.29, 1.82) is 0 Å². The molecule has 3 atom stereocenters. The zero-order valence-corrected chi connectivity index (χ0v) is 29.5. The first kappa shape index (κ1) is 42.5. The maximum absolute atomic E-state index is 12.6. The summed E-state index contributed by atoms with van der Waals surface area (Å²) in [6.45, 7) is 4.47. The minimum Gasteiger partial charge on any atom is -0.756 e. The smallest absolute Gasteiger partial charge is 0.268 e. The van der Waals surface area contributed by atoms with E-state index in [1.807, 2.05) is 27.2 Å². The molecule has 1 amide bonds. The van der Waals surface area contributed by atoms with E-state index in [-0.39, 0.29) is 18.9 Å². The van der Waals surface area contributed by atoms with Crippen LogP contribution in [0.4, 0.5) is 0 Å². The van der Waals surface area contributed by atoms with Crippen LogP contribution in [0.25, 0.3) is 0 Å². The number of carbonyl (C=O) groups is 1. The Bertz CT molecular complexity index is 866. The van der Waals surface area contributed by atoms with Gasteiger partial charge in [0.05, 0.1) is 39.9 Å². The normalized spacial score (nSPS) is 15.5. The fraction of sp³-hybridized carbons (Fsp3) is 0.743. The van der Waals surface area contributed by atoms with E-state index in [1.54, 1.807) is 6.08 Å². The lowest BCUT2D eigenvalue weighted by molar-refractivity contribution is -0.870. The molecule has 0 aliphatic rings. The second-order valence-corrected chi connectivity index (χ2v) is 13.9. The zero-order chi connectivity index (χ0) is 32.9. The Kier molecular flexibility index (Phi) is 26.8. The third-order valence-corrected chi connectivity index (χ3v) is 7.95. The number of nitrogens with one attached hydrogen (secondary N) is 1. The Morgan fingerprint density at radius 1 is 0.773 bits per heavy atom. The number of hydrogen-bond donors (Lipinski definition) is 2. The first-order chi connectivity index (χ1) is 21.0. The summed E-state index contributed by atoms with van der Waals surface area (Å²) in [7, 11) is 1.21. The largest absolute Gasteiger partial charge is 0.756 e. The number of carbonyl (C=O) groups excluding carboxylic acids is 1. The number of aliphatic hydroxyl groups is 1. The lowest BCUT2D eigenvalue weighted by Gasteiger charge is -2.29. The highest BCUT2D eigenvalue weighted by Gasteiger charge is 2.23. The molecule has 0 aliphatic carbocycles. The van der Waals surface area contributed by atoms with Gasteiger partial charge in [0.2, 0.25) is 5.91 Å². The highest BCUT2D eigenvalue weighted by molar-refractivity contribution is 7.45. The minimum absolute atomic E-state index is 0.0152. The minimum atomic E-state index is -4.59. The summed E-state index contributed by atoms with van der Waals surface area (Å²) in [4.78, 5) is 25.0. The number of aliphatic hydroxyl groups excluding tert-OH is 1. The number of hydrogen-bond acceptors (Lipinski definition) is 6. The van der Waals surface area contributed by atoms with E-state index in [0.29, 0.717) is 17.4 Å². The summed E-state index contributed by atoms with van der Waals surface area (Å²) < 4.78 is 22.9. The van der Waals surface area contributed by atoms with Crippen LogP contribution in [-0.4, -0.2) is 68.5 Å². The summed E-state index contributed by atoms with van der Waals surface area (Å²) in [5.74, 6) is -0.253. The third kappa shape index (κ3) is 29.2. The van der Waals surface area contributed by atoms with E-state index >= 15 is 0 Å². The quantitative estimate of drug-likeness (QED) is 0.0378. The van der Waals surface area contributed by atoms with Crippen molar-refractivity contribution in [3.8, 4) is 0 Å². The van der Waals surface area contributed by atoms with Crippen LogP contribution in [0.1, 0.15) is 117 Å². The van der Waals surface area contributed by atoms with Crippen molar-refractivity contribution in [2.75, 3.05) is 40.9 Å². The number of quaternary nitrogens is 1. The number of likely N-dealkylation sites (N-methyl/N-ethyl adjacent to an activating group) is 1. The monoisotopic (exact) mass is 640 g/mol. The van der Waals surface area contributed by atoms with Gasteiger partial charge in [0.15, 0.2) is 0 Å². The van der Waals surface area contributed by atoms with Gasteiger partial charge in [-0.25, -0.2) is 0 Å². The van der Waals surface area contributed by atoms with Crippen LogP contribution < -0.4 is 10.2 Å². The van der Waals surface area contributed by atoms with Gasteiger partial charge in [-0.3, -0.25) is 9.36 Å². The van der Waals surface area contributed by atoms with Crippen LogP contribution >= 0.6 is 7.82 Å². The topological polar surface area (TPSA) is 108 Å². The predicted molar refractivity (Wildman–Crippen MR) is 182 cm³/mol. The number of unbranched alkanes of at least 4 members (excludes halogenated alkanes) is 10. The Labute approximate surface area is 269 Å². The van der Waals surface area contributed by atoms with Crippen LogP contribution in [0, 0.1) is 0 Å². The Hall–Kier alpha value is -1.54. The van der Waals surface area contributed by atoms with Crippen LogP contribution in [0.2, 0.25) is 0 Å². The molecule has 8 nitrogen and oxygen atoms in total. The maximum atomic E-state index is 12.6. The maximum Gasteiger partial charge on any atom is 0.268 e. The first-order valence-electron chi connectivity index (χ1n) is 17.0. The van der Waals surface area contributed by atoms with Crippen molar-refractivity contribution in [3.63, 3.8) is 0 Å². The molecule has 0 aromatic heterocycles. The molecule has 9 heteroatoms. The number of amides is 1. The van der Waals surface area contributed by atoms with Crippen molar-refractivity contribution in [1.82, 2.24) is 5.32 Å². The summed E-state index contributed by atoms with van der Waals surface area (Å²) in [6, 6.07) is -0.920. The van der Waals surface area contributed by atoms with Gasteiger partial charge in [-0.05, 0) is 64.2 Å². The fourth-order valence-electron chi connectivity index (χ4n) is 4.18. The summed E-state index contributed by atoms with van der Waals surface area (Å²) in [6.07, 6.45) is 31.7. The molecule has 0 fully saturated rings. The molecule has 0 saturated heterocycles. The summed E-state index contributed by atoms with van der Waals surface area (Å²) >= 11 is 0. The third-order valence-electron chi connectivity index (χ3n) is 6.99. The number of phosphoric acid groups is 1. The Morgan fingerprint density at radius 3 is 1.84 bits per heavy atom. The molecule has 0 bridgehead atoms. The molecule has 0 aliphatic heterocycles. The van der Waals surface area contributed by atoms with Gasteiger partial charge in [0.1, 0.15) is 13.2 Å². The van der Waals surface area contributed by atoms with Gasteiger partial charge in [0, 0.05) is 6.42 Å². The molecule has 0 spiro atoms. The van der Waals surface area contributed by atoms with Crippen LogP contribution in [0.5, 0.6) is 0 Å². The molecule has 44 heavy (non-hydrogen) atoms. The average molecular weight is 641 g/mol. The SMILES string of the molecule is CCCCC/C=C/CC/C=C/CC/C=C/C(O)C(COP(=O)([O-])OCC[N+](C)(C)C)NC(=O)CCC/C=C\CCCCCC. The first-order valence-corrected chi connectivity index (χ1v) is 18.5. The van der Waals surface area contributed by atoms with E-state index in [4.69, 9.17) is 9.05 Å². The molecular weight excluding hydrogens is 575 g/mol. The van der Waals surface area contributed by atoms with Gasteiger partial charge in [-0.1, -0.05) is 94.6 Å². The highest BCUT2D eigenvalue weighted by Crippen LogP contribution is 2.38. The van der Waals surface area contributed by atoms with Gasteiger partial charge < -0.3 is 28.8 Å². The zero-order valence-electron chi connectivity index (χ0n) is 28.6. The van der Waals surface area contributed by atoms with E-state index < -0.39 is 26.6 Å². The van der Waals surface area contributed by atoms with Crippen molar-refractivity contribution in [2.24, 2.45) is 0 Å².